The van der Waals surface area contributed by atoms with Crippen LogP contribution in [0.5, 0.6) is 5.75 Å². The number of rotatable bonds is 1. The molecular formula is C13H16BrNO2. The molecule has 0 saturated carbocycles. The minimum absolute atomic E-state index is 0.00376. The second kappa shape index (κ2) is 4.69. The zero-order valence-electron chi connectivity index (χ0n) is 10.2. The van der Waals surface area contributed by atoms with Crippen molar-refractivity contribution in [3.05, 3.63) is 22.2 Å². The van der Waals surface area contributed by atoms with Crippen molar-refractivity contribution in [2.75, 3.05) is 5.32 Å². The van der Waals surface area contributed by atoms with E-state index in [0.29, 0.717) is 12.3 Å². The van der Waals surface area contributed by atoms with Gasteiger partial charge in [-0.05, 0) is 46.5 Å². The number of halogens is 1. The third-order valence-electron chi connectivity index (χ3n) is 2.80. The Morgan fingerprint density at radius 3 is 2.82 bits per heavy atom. The molecule has 3 nitrogen and oxygen atoms in total. The van der Waals surface area contributed by atoms with Crippen LogP contribution >= 0.6 is 15.9 Å². The Kier molecular flexibility index (Phi) is 3.43. The molecule has 1 aliphatic rings. The molecule has 0 fully saturated rings. The van der Waals surface area contributed by atoms with Crippen LogP contribution in [0.15, 0.2) is 16.6 Å². The maximum absolute atomic E-state index is 11.6. The molecule has 0 spiro atoms. The topological polar surface area (TPSA) is 38.3 Å². The summed E-state index contributed by atoms with van der Waals surface area (Å²) in [5.74, 6) is 1.14. The van der Waals surface area contributed by atoms with Gasteiger partial charge in [0.2, 0.25) is 5.91 Å². The normalized spacial score (nSPS) is 19.4. The number of hydrogen-bond acceptors (Lipinski definition) is 2. The Bertz CT molecular complexity index is 457. The molecule has 0 aliphatic carbocycles. The van der Waals surface area contributed by atoms with Gasteiger partial charge in [0.05, 0.1) is 16.6 Å². The van der Waals surface area contributed by atoms with E-state index in [2.05, 4.69) is 35.1 Å². The zero-order chi connectivity index (χ0) is 12.6. The van der Waals surface area contributed by atoms with E-state index in [1.165, 1.54) is 5.56 Å². The van der Waals surface area contributed by atoms with Crippen molar-refractivity contribution in [1.82, 2.24) is 0 Å². The van der Waals surface area contributed by atoms with Crippen LogP contribution in [-0.4, -0.2) is 12.0 Å². The Hall–Kier alpha value is -1.03. The Balaban J connectivity index is 2.49. The lowest BCUT2D eigenvalue weighted by Crippen LogP contribution is -2.17. The quantitative estimate of drug-likeness (QED) is 0.859. The van der Waals surface area contributed by atoms with Crippen LogP contribution in [0.2, 0.25) is 0 Å². The monoisotopic (exact) mass is 297 g/mol. The number of benzene rings is 1. The van der Waals surface area contributed by atoms with Crippen molar-refractivity contribution in [3.63, 3.8) is 0 Å². The molecule has 1 unspecified atom stereocenters. The highest BCUT2D eigenvalue weighted by atomic mass is 79.9. The first-order valence-electron chi connectivity index (χ1n) is 5.77. The highest BCUT2D eigenvalue weighted by Gasteiger charge is 2.22. The van der Waals surface area contributed by atoms with E-state index in [9.17, 15) is 4.79 Å². The van der Waals surface area contributed by atoms with E-state index < -0.39 is 0 Å². The average molecular weight is 298 g/mol. The molecule has 0 saturated heterocycles. The number of fused-ring (bicyclic) bond motifs is 1. The zero-order valence-corrected chi connectivity index (χ0v) is 11.8. The molecule has 17 heavy (non-hydrogen) atoms. The second-order valence-corrected chi connectivity index (χ2v) is 5.57. The summed E-state index contributed by atoms with van der Waals surface area (Å²) < 4.78 is 6.66. The lowest BCUT2D eigenvalue weighted by Gasteiger charge is -2.15. The minimum atomic E-state index is -0.0996. The number of carbonyl (C=O) groups excluding carboxylic acids is 1. The first-order chi connectivity index (χ1) is 7.97. The third kappa shape index (κ3) is 2.63. The van der Waals surface area contributed by atoms with Crippen LogP contribution < -0.4 is 10.1 Å². The lowest BCUT2D eigenvalue weighted by atomic mass is 10.0. The van der Waals surface area contributed by atoms with Gasteiger partial charge >= 0.3 is 0 Å². The molecule has 1 amide bonds. The summed E-state index contributed by atoms with van der Waals surface area (Å²) in [4.78, 5) is 11.6. The van der Waals surface area contributed by atoms with Crippen molar-refractivity contribution in [2.45, 2.75) is 39.2 Å². The number of carbonyl (C=O) groups is 1. The highest BCUT2D eigenvalue weighted by molar-refractivity contribution is 9.10. The summed E-state index contributed by atoms with van der Waals surface area (Å²) in [7, 11) is 0. The number of anilines is 1. The minimum Gasteiger partial charge on any atom is -0.487 e. The summed E-state index contributed by atoms with van der Waals surface area (Å²) in [6, 6.07) is 4.04. The number of hydrogen-bond donors (Lipinski definition) is 1. The third-order valence-corrected chi connectivity index (χ3v) is 3.39. The molecular weight excluding hydrogens is 282 g/mol. The van der Waals surface area contributed by atoms with Crippen LogP contribution in [0.25, 0.3) is 0 Å². The lowest BCUT2D eigenvalue weighted by molar-refractivity contribution is -0.117. The maximum atomic E-state index is 11.6. The van der Waals surface area contributed by atoms with Gasteiger partial charge in [-0.25, -0.2) is 0 Å². The van der Waals surface area contributed by atoms with Gasteiger partial charge in [0.15, 0.2) is 5.75 Å². The van der Waals surface area contributed by atoms with E-state index in [0.717, 1.165) is 15.9 Å². The van der Waals surface area contributed by atoms with Crippen LogP contribution in [0.4, 0.5) is 5.69 Å². The molecule has 2 rings (SSSR count). The summed E-state index contributed by atoms with van der Waals surface area (Å²) in [6.45, 7) is 6.14. The van der Waals surface area contributed by atoms with Gasteiger partial charge in [-0.1, -0.05) is 13.8 Å². The fraction of sp³-hybridized carbons (Fsp3) is 0.462. The molecule has 4 heteroatoms. The van der Waals surface area contributed by atoms with Crippen molar-refractivity contribution in [1.29, 1.82) is 0 Å². The molecule has 1 atom stereocenters. The van der Waals surface area contributed by atoms with E-state index in [-0.39, 0.29) is 12.0 Å². The van der Waals surface area contributed by atoms with Crippen molar-refractivity contribution >= 4 is 27.5 Å². The second-order valence-electron chi connectivity index (χ2n) is 4.71. The van der Waals surface area contributed by atoms with Gasteiger partial charge in [0.25, 0.3) is 0 Å². The predicted octanol–water partition coefficient (Wildman–Crippen LogP) is 3.68. The molecule has 1 aliphatic heterocycles. The smallest absolute Gasteiger partial charge is 0.228 e. The van der Waals surface area contributed by atoms with Crippen LogP contribution in [0, 0.1) is 0 Å². The number of nitrogens with one attached hydrogen (secondary N) is 1. The Morgan fingerprint density at radius 1 is 1.47 bits per heavy atom. The first-order valence-corrected chi connectivity index (χ1v) is 6.56. The van der Waals surface area contributed by atoms with E-state index in [4.69, 9.17) is 4.74 Å². The van der Waals surface area contributed by atoms with Gasteiger partial charge < -0.3 is 10.1 Å². The highest BCUT2D eigenvalue weighted by Crippen LogP contribution is 2.39. The largest absolute Gasteiger partial charge is 0.487 e. The fourth-order valence-corrected chi connectivity index (χ4v) is 2.44. The first kappa shape index (κ1) is 12.4. The summed E-state index contributed by atoms with van der Waals surface area (Å²) in [5, 5.41) is 2.89. The molecule has 92 valence electrons. The maximum Gasteiger partial charge on any atom is 0.228 e. The molecule has 1 heterocycles. The van der Waals surface area contributed by atoms with E-state index in [1.807, 2.05) is 19.1 Å². The molecule has 0 radical (unpaired) electrons. The van der Waals surface area contributed by atoms with Crippen LogP contribution in [-0.2, 0) is 4.79 Å². The SMILES string of the molecule is CC1CC(=O)Nc2cc(C(C)C)cc(Br)c2O1. The van der Waals surface area contributed by atoms with Gasteiger partial charge in [-0.15, -0.1) is 0 Å². The Labute approximate surface area is 110 Å². The molecule has 1 N–H and O–H groups in total. The average Bonchev–Trinajstić information content (AvgIpc) is 2.35. The van der Waals surface area contributed by atoms with Gasteiger partial charge in [0.1, 0.15) is 6.10 Å². The van der Waals surface area contributed by atoms with Crippen molar-refractivity contribution < 1.29 is 9.53 Å². The van der Waals surface area contributed by atoms with E-state index in [1.54, 1.807) is 0 Å². The summed E-state index contributed by atoms with van der Waals surface area (Å²) in [6.07, 6.45) is 0.287. The Morgan fingerprint density at radius 2 is 2.18 bits per heavy atom. The fourth-order valence-electron chi connectivity index (χ4n) is 1.87. The number of ether oxygens (including phenoxy) is 1. The van der Waals surface area contributed by atoms with Gasteiger partial charge in [0, 0.05) is 0 Å². The molecule has 0 bridgehead atoms. The van der Waals surface area contributed by atoms with Crippen molar-refractivity contribution in [3.8, 4) is 5.75 Å². The summed E-state index contributed by atoms with van der Waals surface area (Å²) >= 11 is 3.51. The van der Waals surface area contributed by atoms with Gasteiger partial charge in [-0.3, -0.25) is 4.79 Å². The predicted molar refractivity (Wildman–Crippen MR) is 71.6 cm³/mol. The number of amides is 1. The van der Waals surface area contributed by atoms with E-state index >= 15 is 0 Å². The molecule has 0 aromatic heterocycles. The van der Waals surface area contributed by atoms with Crippen molar-refractivity contribution in [2.24, 2.45) is 0 Å². The molecule has 1 aromatic rings. The molecule has 1 aromatic carbocycles. The van der Waals surface area contributed by atoms with Crippen LogP contribution in [0.1, 0.15) is 38.7 Å². The standard InChI is InChI=1S/C13H16BrNO2/c1-7(2)9-5-10(14)13-11(6-9)15-12(16)4-8(3)17-13/h5-8H,4H2,1-3H3,(H,15,16). The van der Waals surface area contributed by atoms with Crippen LogP contribution in [0.3, 0.4) is 0 Å². The summed E-state index contributed by atoms with van der Waals surface area (Å²) in [5.41, 5.74) is 1.94. The van der Waals surface area contributed by atoms with Gasteiger partial charge in [-0.2, -0.15) is 0 Å².